The Morgan fingerprint density at radius 3 is 2.61 bits per heavy atom. The second kappa shape index (κ2) is 4.53. The standard InChI is InChI=1S/C14H13NO3/c1-8(16)13-10(3)18-9(2)11(7-15)14(13)12-5-4-6-17-12/h4-6,14H,1-3H3/t14-/m1/s1. The van der Waals surface area contributed by atoms with E-state index in [0.29, 0.717) is 28.4 Å². The molecular weight excluding hydrogens is 230 g/mol. The summed E-state index contributed by atoms with van der Waals surface area (Å²) >= 11 is 0. The van der Waals surface area contributed by atoms with Crippen LogP contribution in [-0.2, 0) is 9.53 Å². The first-order chi connectivity index (χ1) is 8.56. The molecule has 4 heteroatoms. The van der Waals surface area contributed by atoms with E-state index in [-0.39, 0.29) is 5.78 Å². The van der Waals surface area contributed by atoms with Gasteiger partial charge in [0.15, 0.2) is 5.78 Å². The minimum atomic E-state index is -0.462. The largest absolute Gasteiger partial charge is 0.468 e. The number of allylic oxidation sites excluding steroid dienone is 4. The van der Waals surface area contributed by atoms with Crippen LogP contribution in [0.25, 0.3) is 0 Å². The molecule has 0 aromatic carbocycles. The maximum Gasteiger partial charge on any atom is 0.160 e. The molecule has 1 aliphatic heterocycles. The summed E-state index contributed by atoms with van der Waals surface area (Å²) in [5.41, 5.74) is 0.896. The Morgan fingerprint density at radius 2 is 2.11 bits per heavy atom. The summed E-state index contributed by atoms with van der Waals surface area (Å²) in [5, 5.41) is 9.25. The maximum absolute atomic E-state index is 11.8. The number of ketones is 1. The quantitative estimate of drug-likeness (QED) is 0.800. The molecule has 0 spiro atoms. The fourth-order valence-corrected chi connectivity index (χ4v) is 2.22. The lowest BCUT2D eigenvalue weighted by Crippen LogP contribution is -2.19. The van der Waals surface area contributed by atoms with Crippen LogP contribution in [-0.4, -0.2) is 5.78 Å². The van der Waals surface area contributed by atoms with Crippen molar-refractivity contribution >= 4 is 5.78 Å². The van der Waals surface area contributed by atoms with E-state index in [1.54, 1.807) is 26.0 Å². The number of furan rings is 1. The van der Waals surface area contributed by atoms with Gasteiger partial charge in [-0.1, -0.05) is 0 Å². The van der Waals surface area contributed by atoms with Crippen molar-refractivity contribution in [3.8, 4) is 6.07 Å². The van der Waals surface area contributed by atoms with E-state index in [1.807, 2.05) is 0 Å². The molecule has 1 atom stereocenters. The summed E-state index contributed by atoms with van der Waals surface area (Å²) in [6, 6.07) is 5.60. The van der Waals surface area contributed by atoms with Gasteiger partial charge in [0.05, 0.1) is 23.8 Å². The summed E-state index contributed by atoms with van der Waals surface area (Å²) in [5.74, 6) is 1.05. The van der Waals surface area contributed by atoms with Crippen molar-refractivity contribution in [3.63, 3.8) is 0 Å². The highest BCUT2D eigenvalue weighted by Crippen LogP contribution is 2.40. The molecule has 4 nitrogen and oxygen atoms in total. The van der Waals surface area contributed by atoms with Crippen LogP contribution in [0.1, 0.15) is 32.4 Å². The van der Waals surface area contributed by atoms with Gasteiger partial charge in [0, 0.05) is 5.57 Å². The van der Waals surface area contributed by atoms with Crippen LogP contribution in [0.4, 0.5) is 0 Å². The predicted octanol–water partition coefficient (Wildman–Crippen LogP) is 3.05. The number of hydrogen-bond donors (Lipinski definition) is 0. The molecule has 0 radical (unpaired) electrons. The van der Waals surface area contributed by atoms with Gasteiger partial charge in [-0.2, -0.15) is 5.26 Å². The first-order valence-corrected chi connectivity index (χ1v) is 5.60. The van der Waals surface area contributed by atoms with Gasteiger partial charge in [0.2, 0.25) is 0 Å². The molecule has 1 aliphatic rings. The number of carbonyl (C=O) groups is 1. The maximum atomic E-state index is 11.8. The Balaban J connectivity index is 2.63. The fraction of sp³-hybridized carbons (Fsp3) is 0.286. The molecule has 0 bridgehead atoms. The lowest BCUT2D eigenvalue weighted by atomic mass is 9.84. The Kier molecular flexibility index (Phi) is 3.07. The van der Waals surface area contributed by atoms with E-state index in [1.165, 1.54) is 13.2 Å². The van der Waals surface area contributed by atoms with Gasteiger partial charge in [-0.3, -0.25) is 4.79 Å². The number of carbonyl (C=O) groups excluding carboxylic acids is 1. The van der Waals surface area contributed by atoms with Crippen molar-refractivity contribution in [2.45, 2.75) is 26.7 Å². The number of rotatable bonds is 2. The molecule has 0 saturated carbocycles. The number of nitriles is 1. The van der Waals surface area contributed by atoms with Gasteiger partial charge in [-0.05, 0) is 32.9 Å². The third-order valence-corrected chi connectivity index (χ3v) is 2.97. The van der Waals surface area contributed by atoms with E-state index in [4.69, 9.17) is 9.15 Å². The van der Waals surface area contributed by atoms with E-state index >= 15 is 0 Å². The lowest BCUT2D eigenvalue weighted by molar-refractivity contribution is -0.114. The van der Waals surface area contributed by atoms with Crippen molar-refractivity contribution < 1.29 is 13.9 Å². The summed E-state index contributed by atoms with van der Waals surface area (Å²) in [6.07, 6.45) is 1.53. The zero-order valence-corrected chi connectivity index (χ0v) is 10.5. The van der Waals surface area contributed by atoms with Crippen LogP contribution < -0.4 is 0 Å². The highest BCUT2D eigenvalue weighted by atomic mass is 16.5. The number of hydrogen-bond acceptors (Lipinski definition) is 4. The highest BCUT2D eigenvalue weighted by molar-refractivity contribution is 5.96. The van der Waals surface area contributed by atoms with Gasteiger partial charge >= 0.3 is 0 Å². The van der Waals surface area contributed by atoms with Crippen LogP contribution in [0.15, 0.2) is 45.5 Å². The van der Waals surface area contributed by atoms with E-state index in [0.717, 1.165) is 0 Å². The first-order valence-electron chi connectivity index (χ1n) is 5.60. The summed E-state index contributed by atoms with van der Waals surface area (Å²) in [4.78, 5) is 11.8. The summed E-state index contributed by atoms with van der Waals surface area (Å²) in [7, 11) is 0. The fourth-order valence-electron chi connectivity index (χ4n) is 2.22. The highest BCUT2D eigenvalue weighted by Gasteiger charge is 2.34. The summed E-state index contributed by atoms with van der Waals surface area (Å²) < 4.78 is 10.8. The Bertz CT molecular complexity index is 585. The average Bonchev–Trinajstić information content (AvgIpc) is 2.80. The van der Waals surface area contributed by atoms with Crippen LogP contribution in [0.3, 0.4) is 0 Å². The van der Waals surface area contributed by atoms with Gasteiger partial charge in [-0.25, -0.2) is 0 Å². The zero-order valence-electron chi connectivity index (χ0n) is 10.5. The van der Waals surface area contributed by atoms with E-state index < -0.39 is 5.92 Å². The van der Waals surface area contributed by atoms with Crippen LogP contribution >= 0.6 is 0 Å². The molecule has 0 N–H and O–H groups in total. The average molecular weight is 243 g/mol. The van der Waals surface area contributed by atoms with Crippen molar-refractivity contribution in [1.29, 1.82) is 5.26 Å². The van der Waals surface area contributed by atoms with Crippen molar-refractivity contribution in [2.75, 3.05) is 0 Å². The summed E-state index contributed by atoms with van der Waals surface area (Å²) in [6.45, 7) is 4.91. The van der Waals surface area contributed by atoms with Crippen molar-refractivity contribution in [3.05, 3.63) is 46.8 Å². The van der Waals surface area contributed by atoms with Crippen molar-refractivity contribution in [2.24, 2.45) is 0 Å². The number of Topliss-reactive ketones (excluding diaryl/α,β-unsaturated/α-hetero) is 1. The van der Waals surface area contributed by atoms with Crippen LogP contribution in [0.2, 0.25) is 0 Å². The zero-order chi connectivity index (χ0) is 13.3. The normalized spacial score (nSPS) is 19.6. The van der Waals surface area contributed by atoms with E-state index in [9.17, 15) is 10.1 Å². The molecule has 1 aromatic rings. The number of ether oxygens (including phenoxy) is 1. The van der Waals surface area contributed by atoms with Gasteiger partial charge in [0.1, 0.15) is 17.3 Å². The SMILES string of the molecule is CC(=O)C1=C(C)OC(C)=C(C#N)[C@@H]1c1ccco1. The smallest absolute Gasteiger partial charge is 0.160 e. The molecule has 2 heterocycles. The first kappa shape index (κ1) is 12.2. The topological polar surface area (TPSA) is 63.2 Å². The molecule has 1 aromatic heterocycles. The van der Waals surface area contributed by atoms with Crippen LogP contribution in [0, 0.1) is 11.3 Å². The van der Waals surface area contributed by atoms with E-state index in [2.05, 4.69) is 6.07 Å². The molecule has 92 valence electrons. The number of nitrogens with zero attached hydrogens (tertiary/aromatic N) is 1. The van der Waals surface area contributed by atoms with Gasteiger partial charge in [-0.15, -0.1) is 0 Å². The third-order valence-electron chi connectivity index (χ3n) is 2.97. The molecule has 0 saturated heterocycles. The van der Waals surface area contributed by atoms with Crippen LogP contribution in [0.5, 0.6) is 0 Å². The molecule has 0 aliphatic carbocycles. The Labute approximate surface area is 105 Å². The Hall–Kier alpha value is -2.28. The third kappa shape index (κ3) is 1.84. The molecule has 2 rings (SSSR count). The minimum Gasteiger partial charge on any atom is -0.468 e. The molecule has 0 unspecified atom stereocenters. The van der Waals surface area contributed by atoms with Gasteiger partial charge < -0.3 is 9.15 Å². The second-order valence-electron chi connectivity index (χ2n) is 4.16. The van der Waals surface area contributed by atoms with Crippen molar-refractivity contribution in [1.82, 2.24) is 0 Å². The lowest BCUT2D eigenvalue weighted by Gasteiger charge is -2.25. The monoisotopic (exact) mass is 243 g/mol. The molecule has 18 heavy (non-hydrogen) atoms. The second-order valence-corrected chi connectivity index (χ2v) is 4.16. The molecular formula is C14H13NO3. The predicted molar refractivity (Wildman–Crippen MR) is 64.2 cm³/mol. The minimum absolute atomic E-state index is 0.117. The van der Waals surface area contributed by atoms with Gasteiger partial charge in [0.25, 0.3) is 0 Å². The molecule has 0 fully saturated rings. The molecule has 0 amide bonds. The Morgan fingerprint density at radius 1 is 1.39 bits per heavy atom.